The minimum absolute atomic E-state index is 0.0278. The second-order valence-corrected chi connectivity index (χ2v) is 10.3. The van der Waals surface area contributed by atoms with Crippen LogP contribution in [-0.4, -0.2) is 88.5 Å². The van der Waals surface area contributed by atoms with Gasteiger partial charge in [-0.3, -0.25) is 29.3 Å². The second kappa shape index (κ2) is 13.6. The van der Waals surface area contributed by atoms with E-state index in [2.05, 4.69) is 25.6 Å². The first kappa shape index (κ1) is 30.0. The zero-order valence-electron chi connectivity index (χ0n) is 24.2. The maximum absolute atomic E-state index is 13.2. The van der Waals surface area contributed by atoms with Crippen molar-refractivity contribution in [2.24, 2.45) is 11.7 Å². The van der Waals surface area contributed by atoms with Gasteiger partial charge in [-0.2, -0.15) is 5.10 Å². The number of ether oxygens (including phenoxy) is 2. The Bertz CT molecular complexity index is 1390. The van der Waals surface area contributed by atoms with Crippen molar-refractivity contribution in [1.82, 2.24) is 29.5 Å². The first-order chi connectivity index (χ1) is 19.7. The number of carbonyl (C=O) groups excluding carboxylic acids is 3. The topological polar surface area (TPSA) is 159 Å². The number of amides is 3. The normalized spacial score (nSPS) is 13.8. The molecule has 3 aromatic rings. The fourth-order valence-electron chi connectivity index (χ4n) is 5.04. The van der Waals surface area contributed by atoms with Gasteiger partial charge in [-0.15, -0.1) is 0 Å². The molecule has 0 aliphatic carbocycles. The molecule has 4 rings (SSSR count). The average Bonchev–Trinajstić information content (AvgIpc) is 3.47. The van der Waals surface area contributed by atoms with Crippen LogP contribution in [0.1, 0.15) is 53.2 Å². The summed E-state index contributed by atoms with van der Waals surface area (Å²) in [6.07, 6.45) is 1.33. The molecule has 41 heavy (non-hydrogen) atoms. The summed E-state index contributed by atoms with van der Waals surface area (Å²) in [4.78, 5) is 44.2. The van der Waals surface area contributed by atoms with Gasteiger partial charge < -0.3 is 25.1 Å². The standard InChI is InChI=1S/C28H40N8O5/c1-5-9-35-25-21(31-28(35)32-27(39)22-11-18(3)33-36(22)6-2)12-20(26(29)38)13-23(25)41-10-7-8-30-24(37)16-34-14-19(15-34)17-40-4/h11-13,19H,5-10,14-17H2,1-4H3,(H2,29,38)(H,30,37)(H,31,32,39). The molecule has 1 aliphatic heterocycles. The Kier molecular flexibility index (Phi) is 9.95. The molecule has 0 atom stereocenters. The number of benzene rings is 1. The van der Waals surface area contributed by atoms with Gasteiger partial charge >= 0.3 is 0 Å². The Labute approximate surface area is 239 Å². The second-order valence-electron chi connectivity index (χ2n) is 10.3. The monoisotopic (exact) mass is 568 g/mol. The molecular weight excluding hydrogens is 528 g/mol. The number of nitrogens with zero attached hydrogens (tertiary/aromatic N) is 5. The van der Waals surface area contributed by atoms with Crippen molar-refractivity contribution in [2.75, 3.05) is 51.8 Å². The molecule has 2 aromatic heterocycles. The minimum Gasteiger partial charge on any atom is -0.491 e. The van der Waals surface area contributed by atoms with Crippen LogP contribution in [0.25, 0.3) is 11.0 Å². The lowest BCUT2D eigenvalue weighted by molar-refractivity contribution is -0.124. The Hall–Kier alpha value is -3.97. The summed E-state index contributed by atoms with van der Waals surface area (Å²) >= 11 is 0. The van der Waals surface area contributed by atoms with Gasteiger partial charge in [-0.05, 0) is 44.9 Å². The van der Waals surface area contributed by atoms with Crippen LogP contribution in [0.5, 0.6) is 5.75 Å². The number of fused-ring (bicyclic) bond motifs is 1. The van der Waals surface area contributed by atoms with Crippen molar-refractivity contribution >= 4 is 34.7 Å². The highest BCUT2D eigenvalue weighted by atomic mass is 16.5. The van der Waals surface area contributed by atoms with E-state index in [9.17, 15) is 14.4 Å². The van der Waals surface area contributed by atoms with Crippen molar-refractivity contribution < 1.29 is 23.9 Å². The number of anilines is 1. The smallest absolute Gasteiger partial charge is 0.276 e. The number of nitrogens with two attached hydrogens (primary N) is 1. The number of rotatable bonds is 15. The molecule has 1 aromatic carbocycles. The molecule has 3 amide bonds. The van der Waals surface area contributed by atoms with Gasteiger partial charge in [0.25, 0.3) is 5.91 Å². The zero-order chi connectivity index (χ0) is 29.5. The third-order valence-corrected chi connectivity index (χ3v) is 6.90. The molecule has 4 N–H and O–H groups in total. The van der Waals surface area contributed by atoms with Crippen LogP contribution >= 0.6 is 0 Å². The Balaban J connectivity index is 1.45. The maximum Gasteiger partial charge on any atom is 0.276 e. The lowest BCUT2D eigenvalue weighted by atomic mass is 10.0. The molecular formula is C28H40N8O5. The van der Waals surface area contributed by atoms with E-state index in [-0.39, 0.29) is 17.4 Å². The number of methoxy groups -OCH3 is 1. The number of likely N-dealkylation sites (tertiary alicyclic amines) is 1. The van der Waals surface area contributed by atoms with E-state index < -0.39 is 5.91 Å². The predicted octanol–water partition coefficient (Wildman–Crippen LogP) is 1.79. The summed E-state index contributed by atoms with van der Waals surface area (Å²) in [6.45, 7) is 10.4. The SMILES string of the molecule is CCCn1c(NC(=O)c2cc(C)nn2CC)nc2cc(C(N)=O)cc(OCCCNC(=O)CN3CC(COC)C3)c21. The Morgan fingerprint density at radius 1 is 1.17 bits per heavy atom. The highest BCUT2D eigenvalue weighted by molar-refractivity contribution is 6.04. The average molecular weight is 569 g/mol. The minimum atomic E-state index is -0.610. The van der Waals surface area contributed by atoms with Gasteiger partial charge in [-0.1, -0.05) is 6.92 Å². The summed E-state index contributed by atoms with van der Waals surface area (Å²) in [7, 11) is 1.69. The predicted molar refractivity (Wildman–Crippen MR) is 154 cm³/mol. The molecule has 13 heteroatoms. The summed E-state index contributed by atoms with van der Waals surface area (Å²) in [5.74, 6) is 0.295. The quantitative estimate of drug-likeness (QED) is 0.234. The van der Waals surface area contributed by atoms with E-state index in [4.69, 9.17) is 15.2 Å². The summed E-state index contributed by atoms with van der Waals surface area (Å²) < 4.78 is 14.8. The third-order valence-electron chi connectivity index (χ3n) is 6.90. The highest BCUT2D eigenvalue weighted by Gasteiger charge is 2.27. The molecule has 1 fully saturated rings. The zero-order valence-corrected chi connectivity index (χ0v) is 24.2. The van der Waals surface area contributed by atoms with Crippen LogP contribution < -0.4 is 21.1 Å². The van der Waals surface area contributed by atoms with Crippen molar-refractivity contribution in [2.45, 2.75) is 46.7 Å². The highest BCUT2D eigenvalue weighted by Crippen LogP contribution is 2.31. The van der Waals surface area contributed by atoms with Crippen molar-refractivity contribution in [3.8, 4) is 5.75 Å². The van der Waals surface area contributed by atoms with Crippen molar-refractivity contribution in [3.05, 3.63) is 35.2 Å². The van der Waals surface area contributed by atoms with Crippen LogP contribution in [0, 0.1) is 12.8 Å². The third kappa shape index (κ3) is 7.22. The van der Waals surface area contributed by atoms with Crippen LogP contribution in [0.15, 0.2) is 18.2 Å². The first-order valence-corrected chi connectivity index (χ1v) is 14.0. The van der Waals surface area contributed by atoms with Gasteiger partial charge in [0.05, 0.1) is 31.0 Å². The fraction of sp³-hybridized carbons (Fsp3) is 0.536. The number of aromatic nitrogens is 4. The van der Waals surface area contributed by atoms with E-state index in [1.165, 1.54) is 0 Å². The molecule has 13 nitrogen and oxygen atoms in total. The number of aryl methyl sites for hydroxylation is 3. The van der Waals surface area contributed by atoms with Crippen LogP contribution in [0.4, 0.5) is 5.95 Å². The van der Waals surface area contributed by atoms with Gasteiger partial charge in [-0.25, -0.2) is 4.98 Å². The number of hydrogen-bond donors (Lipinski definition) is 3. The summed E-state index contributed by atoms with van der Waals surface area (Å²) in [6, 6.07) is 4.92. The Morgan fingerprint density at radius 2 is 1.95 bits per heavy atom. The van der Waals surface area contributed by atoms with Crippen LogP contribution in [0.3, 0.4) is 0 Å². The molecule has 0 bridgehead atoms. The first-order valence-electron chi connectivity index (χ1n) is 14.0. The number of primary amides is 1. The number of hydrogen-bond acceptors (Lipinski definition) is 8. The van der Waals surface area contributed by atoms with Gasteiger partial charge in [0.15, 0.2) is 0 Å². The largest absolute Gasteiger partial charge is 0.491 e. The molecule has 0 radical (unpaired) electrons. The molecule has 0 unspecified atom stereocenters. The maximum atomic E-state index is 13.2. The molecule has 3 heterocycles. The summed E-state index contributed by atoms with van der Waals surface area (Å²) in [5.41, 5.74) is 8.15. The molecule has 1 saturated heterocycles. The van der Waals surface area contributed by atoms with E-state index in [1.807, 2.05) is 25.3 Å². The van der Waals surface area contributed by atoms with Gasteiger partial charge in [0.1, 0.15) is 17.0 Å². The van der Waals surface area contributed by atoms with E-state index in [0.29, 0.717) is 73.5 Å². The fourth-order valence-corrected chi connectivity index (χ4v) is 5.04. The Morgan fingerprint density at radius 3 is 2.63 bits per heavy atom. The molecule has 1 aliphatic rings. The van der Waals surface area contributed by atoms with Crippen LogP contribution in [-0.2, 0) is 22.6 Å². The summed E-state index contributed by atoms with van der Waals surface area (Å²) in [5, 5.41) is 10.2. The lowest BCUT2D eigenvalue weighted by Crippen LogP contribution is -2.52. The van der Waals surface area contributed by atoms with E-state index in [1.54, 1.807) is 30.0 Å². The number of carbonyl (C=O) groups is 3. The van der Waals surface area contributed by atoms with Gasteiger partial charge in [0, 0.05) is 51.3 Å². The van der Waals surface area contributed by atoms with E-state index >= 15 is 0 Å². The van der Waals surface area contributed by atoms with E-state index in [0.717, 1.165) is 31.8 Å². The van der Waals surface area contributed by atoms with Crippen molar-refractivity contribution in [1.29, 1.82) is 0 Å². The lowest BCUT2D eigenvalue weighted by Gasteiger charge is -2.38. The number of nitrogens with one attached hydrogen (secondary N) is 2. The number of imidazole rings is 1. The van der Waals surface area contributed by atoms with Crippen molar-refractivity contribution in [3.63, 3.8) is 0 Å². The van der Waals surface area contributed by atoms with Crippen LogP contribution in [0.2, 0.25) is 0 Å². The molecule has 0 spiro atoms. The van der Waals surface area contributed by atoms with Gasteiger partial charge in [0.2, 0.25) is 17.8 Å². The molecule has 0 saturated carbocycles. The molecule has 222 valence electrons.